The molecular formula is C26H21F4N3O. The summed E-state index contributed by atoms with van der Waals surface area (Å²) in [5.74, 6) is -0.639. The molecule has 2 unspecified atom stereocenters. The van der Waals surface area contributed by atoms with E-state index in [4.69, 9.17) is 5.73 Å². The maximum absolute atomic E-state index is 15.3. The Balaban J connectivity index is 1.72. The van der Waals surface area contributed by atoms with Crippen LogP contribution >= 0.6 is 0 Å². The number of aromatic nitrogens is 1. The number of nitrogen functional groups attached to an aromatic ring is 1. The van der Waals surface area contributed by atoms with E-state index in [0.29, 0.717) is 45.8 Å². The van der Waals surface area contributed by atoms with E-state index in [1.807, 2.05) is 6.08 Å². The fourth-order valence-electron chi connectivity index (χ4n) is 5.55. The van der Waals surface area contributed by atoms with Crippen LogP contribution in [0.2, 0.25) is 0 Å². The highest BCUT2D eigenvalue weighted by atomic mass is 19.4. The van der Waals surface area contributed by atoms with E-state index in [-0.39, 0.29) is 16.7 Å². The molecule has 8 heteroatoms. The Morgan fingerprint density at radius 2 is 1.79 bits per heavy atom. The van der Waals surface area contributed by atoms with Gasteiger partial charge in [-0.2, -0.15) is 13.2 Å². The molecule has 2 heterocycles. The van der Waals surface area contributed by atoms with E-state index in [0.717, 1.165) is 23.7 Å². The molecule has 0 bridgehead atoms. The molecule has 174 valence electrons. The summed E-state index contributed by atoms with van der Waals surface area (Å²) in [4.78, 5) is 14.9. The Bertz CT molecular complexity index is 1590. The molecule has 1 fully saturated rings. The van der Waals surface area contributed by atoms with Gasteiger partial charge in [-0.1, -0.05) is 13.0 Å². The summed E-state index contributed by atoms with van der Waals surface area (Å²) < 4.78 is 56.5. The molecule has 2 atom stereocenters. The number of benzene rings is 2. The zero-order chi connectivity index (χ0) is 24.2. The van der Waals surface area contributed by atoms with Gasteiger partial charge in [0.25, 0.3) is 5.56 Å². The normalized spacial score (nSPS) is 22.4. The largest absolute Gasteiger partial charge is 0.416 e. The van der Waals surface area contributed by atoms with E-state index in [1.165, 1.54) is 10.6 Å². The average molecular weight is 467 g/mol. The summed E-state index contributed by atoms with van der Waals surface area (Å²) in [5.41, 5.74) is 7.99. The molecule has 1 aromatic heterocycles. The molecule has 2 aromatic carbocycles. The van der Waals surface area contributed by atoms with Gasteiger partial charge < -0.3 is 15.2 Å². The first-order valence-corrected chi connectivity index (χ1v) is 11.0. The van der Waals surface area contributed by atoms with Crippen LogP contribution in [0.4, 0.5) is 34.6 Å². The van der Waals surface area contributed by atoms with Crippen molar-refractivity contribution in [1.82, 2.24) is 4.57 Å². The number of halogens is 4. The lowest BCUT2D eigenvalue weighted by atomic mass is 9.84. The summed E-state index contributed by atoms with van der Waals surface area (Å²) in [6.07, 6.45) is 0.593. The third kappa shape index (κ3) is 2.80. The minimum absolute atomic E-state index is 0.0108. The van der Waals surface area contributed by atoms with Crippen molar-refractivity contribution < 1.29 is 17.6 Å². The Labute approximate surface area is 192 Å². The number of hydrogen-bond acceptors (Lipinski definition) is 3. The van der Waals surface area contributed by atoms with Crippen molar-refractivity contribution in [3.63, 3.8) is 0 Å². The molecule has 1 spiro atoms. The summed E-state index contributed by atoms with van der Waals surface area (Å²) in [6.45, 7) is 2.11. The van der Waals surface area contributed by atoms with Crippen LogP contribution in [0.3, 0.4) is 0 Å². The van der Waals surface area contributed by atoms with Gasteiger partial charge in [-0.15, -0.1) is 0 Å². The van der Waals surface area contributed by atoms with Gasteiger partial charge in [0.1, 0.15) is 5.82 Å². The van der Waals surface area contributed by atoms with Gasteiger partial charge in [-0.25, -0.2) is 4.39 Å². The molecule has 2 N–H and O–H groups in total. The van der Waals surface area contributed by atoms with Crippen molar-refractivity contribution in [1.29, 1.82) is 0 Å². The molecule has 3 aliphatic rings. The van der Waals surface area contributed by atoms with Gasteiger partial charge >= 0.3 is 6.18 Å². The van der Waals surface area contributed by atoms with Gasteiger partial charge in [-0.05, 0) is 60.6 Å². The molecule has 3 aromatic rings. The Kier molecular flexibility index (Phi) is 4.03. The van der Waals surface area contributed by atoms with Crippen molar-refractivity contribution in [3.8, 4) is 11.1 Å². The molecule has 0 radical (unpaired) electrons. The van der Waals surface area contributed by atoms with E-state index in [2.05, 4.69) is 6.92 Å². The molecule has 4 nitrogen and oxygen atoms in total. The number of pyridine rings is 1. The number of hydrogen-bond donors (Lipinski definition) is 1. The zero-order valence-electron chi connectivity index (χ0n) is 18.5. The van der Waals surface area contributed by atoms with Crippen LogP contribution < -0.4 is 26.6 Å². The van der Waals surface area contributed by atoms with Crippen molar-refractivity contribution in [2.75, 3.05) is 10.6 Å². The molecule has 0 amide bonds. The number of nitrogens with zero attached hydrogens (tertiary/aromatic N) is 2. The van der Waals surface area contributed by atoms with Gasteiger partial charge in [0.15, 0.2) is 0 Å². The zero-order valence-corrected chi connectivity index (χ0v) is 18.5. The average Bonchev–Trinajstić information content (AvgIpc) is 3.38. The van der Waals surface area contributed by atoms with Crippen LogP contribution in [0.1, 0.15) is 25.3 Å². The van der Waals surface area contributed by atoms with Crippen LogP contribution in [-0.4, -0.2) is 4.57 Å². The maximum atomic E-state index is 15.3. The predicted molar refractivity (Wildman–Crippen MR) is 123 cm³/mol. The highest BCUT2D eigenvalue weighted by Crippen LogP contribution is 2.60. The number of anilines is 3. The Hall–Kier alpha value is -3.55. The standard InChI is InChI=1S/C26H21F4N3O/c1-13-9-25(13)10-17-23-18(12-32(2)24(17)34)16-8-15(31)4-6-20(16)33(22(23)11-25)21-5-3-14(7-19(21)27)26(28,29)30/h3-8,10,12-13H,9,11,31H2,1-2H3. The lowest BCUT2D eigenvalue weighted by Gasteiger charge is -2.37. The van der Waals surface area contributed by atoms with Crippen molar-refractivity contribution in [2.45, 2.75) is 25.9 Å². The molecule has 2 aliphatic carbocycles. The number of nitrogens with two attached hydrogens (primary N) is 1. The first-order valence-electron chi connectivity index (χ1n) is 11.0. The van der Waals surface area contributed by atoms with E-state index >= 15 is 4.39 Å². The first kappa shape index (κ1) is 21.0. The SMILES string of the molecule is CC1CC12C=c1c3c(cn(C)c1=O)-c1cc(N)ccc1N(c1ccc(C(F)(F)F)cc1F)C=3C2. The fraction of sp³-hybridized carbons (Fsp3) is 0.269. The van der Waals surface area contributed by atoms with Crippen LogP contribution in [0, 0.1) is 17.2 Å². The van der Waals surface area contributed by atoms with Crippen LogP contribution in [0.25, 0.3) is 22.9 Å². The number of fused-ring (bicyclic) bond motifs is 2. The second-order valence-electron chi connectivity index (χ2n) is 9.63. The summed E-state index contributed by atoms with van der Waals surface area (Å²) >= 11 is 0. The minimum Gasteiger partial charge on any atom is -0.399 e. The predicted octanol–water partition coefficient (Wildman–Crippen LogP) is 4.26. The molecule has 0 saturated heterocycles. The highest BCUT2D eigenvalue weighted by molar-refractivity contribution is 5.97. The number of alkyl halides is 3. The van der Waals surface area contributed by atoms with E-state index in [9.17, 15) is 18.0 Å². The minimum atomic E-state index is -4.65. The topological polar surface area (TPSA) is 51.3 Å². The van der Waals surface area contributed by atoms with Gasteiger partial charge in [0, 0.05) is 46.2 Å². The third-order valence-corrected chi connectivity index (χ3v) is 7.47. The summed E-state index contributed by atoms with van der Waals surface area (Å²) in [6, 6.07) is 7.78. The second-order valence-corrected chi connectivity index (χ2v) is 9.63. The lowest BCUT2D eigenvalue weighted by Crippen LogP contribution is -2.51. The first-order chi connectivity index (χ1) is 16.0. The van der Waals surface area contributed by atoms with Gasteiger partial charge in [-0.3, -0.25) is 4.79 Å². The van der Waals surface area contributed by atoms with Crippen LogP contribution in [0.5, 0.6) is 0 Å². The summed E-state index contributed by atoms with van der Waals surface area (Å²) in [5, 5.41) is 1.25. The molecular weight excluding hydrogens is 446 g/mol. The lowest BCUT2D eigenvalue weighted by molar-refractivity contribution is -0.137. The van der Waals surface area contributed by atoms with Crippen molar-refractivity contribution >= 4 is 28.8 Å². The van der Waals surface area contributed by atoms with Crippen LogP contribution in [0.15, 0.2) is 47.4 Å². The Morgan fingerprint density at radius 3 is 2.44 bits per heavy atom. The number of rotatable bonds is 1. The second kappa shape index (κ2) is 6.52. The monoisotopic (exact) mass is 467 g/mol. The van der Waals surface area contributed by atoms with Crippen molar-refractivity contribution in [2.24, 2.45) is 18.4 Å². The molecule has 34 heavy (non-hydrogen) atoms. The molecule has 1 saturated carbocycles. The molecule has 6 rings (SSSR count). The van der Waals surface area contributed by atoms with E-state index in [1.54, 1.807) is 36.3 Å². The van der Waals surface area contributed by atoms with Gasteiger partial charge in [0.2, 0.25) is 0 Å². The van der Waals surface area contributed by atoms with Gasteiger partial charge in [0.05, 0.1) is 16.9 Å². The maximum Gasteiger partial charge on any atom is 0.416 e. The number of aryl methyl sites for hydroxylation is 1. The molecule has 1 aliphatic heterocycles. The highest BCUT2D eigenvalue weighted by Gasteiger charge is 2.52. The summed E-state index contributed by atoms with van der Waals surface area (Å²) in [7, 11) is 1.69. The van der Waals surface area contributed by atoms with Crippen molar-refractivity contribution in [3.05, 3.63) is 74.8 Å². The van der Waals surface area contributed by atoms with E-state index < -0.39 is 17.6 Å². The fourth-order valence-corrected chi connectivity index (χ4v) is 5.55. The van der Waals surface area contributed by atoms with Crippen LogP contribution in [-0.2, 0) is 13.2 Å². The third-order valence-electron chi connectivity index (χ3n) is 7.47. The quantitative estimate of drug-likeness (QED) is 0.430. The Morgan fingerprint density at radius 1 is 1.09 bits per heavy atom. The smallest absolute Gasteiger partial charge is 0.399 e.